The fourth-order valence-corrected chi connectivity index (χ4v) is 1.94. The van der Waals surface area contributed by atoms with Gasteiger partial charge >= 0.3 is 0 Å². The first-order valence-corrected chi connectivity index (χ1v) is 4.73. The van der Waals surface area contributed by atoms with Crippen LogP contribution in [-0.2, 0) is 7.05 Å². The molecule has 0 saturated carbocycles. The van der Waals surface area contributed by atoms with Crippen LogP contribution < -0.4 is 5.43 Å². The average molecular weight is 238 g/mol. The third-order valence-corrected chi connectivity index (χ3v) is 2.73. The zero-order valence-corrected chi connectivity index (χ0v) is 8.71. The summed E-state index contributed by atoms with van der Waals surface area (Å²) in [5.74, 6) is 0. The maximum Gasteiger partial charge on any atom is 0.190 e. The van der Waals surface area contributed by atoms with E-state index >= 15 is 0 Å². The van der Waals surface area contributed by atoms with E-state index in [2.05, 4.69) is 15.9 Å². The maximum atomic E-state index is 11.5. The lowest BCUT2D eigenvalue weighted by atomic mass is 10.2. The zero-order valence-electron chi connectivity index (χ0n) is 7.12. The number of aryl methyl sites for hydroxylation is 1. The quantitative estimate of drug-likeness (QED) is 0.690. The third-order valence-electron chi connectivity index (χ3n) is 2.07. The van der Waals surface area contributed by atoms with Gasteiger partial charge in [0, 0.05) is 23.8 Å². The topological polar surface area (TPSA) is 22.0 Å². The van der Waals surface area contributed by atoms with E-state index in [4.69, 9.17) is 0 Å². The molecule has 1 heterocycles. The number of aromatic nitrogens is 1. The summed E-state index contributed by atoms with van der Waals surface area (Å²) in [7, 11) is 1.92. The average Bonchev–Trinajstić information content (AvgIpc) is 2.12. The summed E-state index contributed by atoms with van der Waals surface area (Å²) in [5.41, 5.74) is 1.00. The van der Waals surface area contributed by atoms with Crippen molar-refractivity contribution in [3.8, 4) is 0 Å². The van der Waals surface area contributed by atoms with Crippen molar-refractivity contribution < 1.29 is 0 Å². The fourth-order valence-electron chi connectivity index (χ4n) is 1.39. The lowest BCUT2D eigenvalue weighted by molar-refractivity contribution is 0.950. The van der Waals surface area contributed by atoms with Crippen LogP contribution in [0.2, 0.25) is 0 Å². The van der Waals surface area contributed by atoms with Crippen LogP contribution in [0.25, 0.3) is 10.9 Å². The first kappa shape index (κ1) is 8.51. The second kappa shape index (κ2) is 3.00. The van der Waals surface area contributed by atoms with Gasteiger partial charge in [0.1, 0.15) is 0 Å². The Morgan fingerprint density at radius 3 is 2.77 bits per heavy atom. The van der Waals surface area contributed by atoms with Gasteiger partial charge in [0.2, 0.25) is 0 Å². The molecule has 0 unspecified atom stereocenters. The zero-order chi connectivity index (χ0) is 9.42. The van der Waals surface area contributed by atoms with Gasteiger partial charge in [0.25, 0.3) is 0 Å². The number of halogens is 1. The Kier molecular flexibility index (Phi) is 1.96. The van der Waals surface area contributed by atoms with Crippen LogP contribution in [0.15, 0.2) is 39.7 Å². The van der Waals surface area contributed by atoms with Gasteiger partial charge in [-0.3, -0.25) is 4.79 Å². The first-order chi connectivity index (χ1) is 6.20. The van der Waals surface area contributed by atoms with E-state index in [1.54, 1.807) is 12.3 Å². The van der Waals surface area contributed by atoms with Crippen LogP contribution in [0.1, 0.15) is 0 Å². The summed E-state index contributed by atoms with van der Waals surface area (Å²) >= 11 is 3.37. The molecule has 0 saturated heterocycles. The van der Waals surface area contributed by atoms with E-state index in [9.17, 15) is 4.79 Å². The van der Waals surface area contributed by atoms with Crippen LogP contribution >= 0.6 is 15.9 Å². The van der Waals surface area contributed by atoms with E-state index in [1.165, 1.54) is 0 Å². The minimum atomic E-state index is 0.0561. The summed E-state index contributed by atoms with van der Waals surface area (Å²) in [6.07, 6.45) is 1.77. The molecule has 2 nitrogen and oxygen atoms in total. The molecule has 3 heteroatoms. The van der Waals surface area contributed by atoms with E-state index < -0.39 is 0 Å². The highest BCUT2D eigenvalue weighted by Crippen LogP contribution is 2.19. The van der Waals surface area contributed by atoms with Gasteiger partial charge in [-0.1, -0.05) is 6.07 Å². The van der Waals surface area contributed by atoms with Crippen LogP contribution in [0.5, 0.6) is 0 Å². The van der Waals surface area contributed by atoms with Crippen molar-refractivity contribution in [1.82, 2.24) is 4.57 Å². The molecule has 0 aliphatic carbocycles. The monoisotopic (exact) mass is 237 g/mol. The third kappa shape index (κ3) is 1.29. The Morgan fingerprint density at radius 2 is 2.08 bits per heavy atom. The molecule has 66 valence electrons. The maximum absolute atomic E-state index is 11.5. The minimum absolute atomic E-state index is 0.0561. The SMILES string of the molecule is Cn1ccc(=O)c2c(Br)cccc21. The highest BCUT2D eigenvalue weighted by molar-refractivity contribution is 9.10. The smallest absolute Gasteiger partial charge is 0.190 e. The number of hydrogen-bond donors (Lipinski definition) is 0. The summed E-state index contributed by atoms with van der Waals surface area (Å²) < 4.78 is 2.78. The number of nitrogens with zero attached hydrogens (tertiary/aromatic N) is 1. The molecule has 0 bridgehead atoms. The van der Waals surface area contributed by atoms with Crippen molar-refractivity contribution in [2.24, 2.45) is 7.05 Å². The Labute approximate surface area is 83.9 Å². The van der Waals surface area contributed by atoms with E-state index in [0.29, 0.717) is 0 Å². The molecular formula is C10H8BrNO. The lowest BCUT2D eigenvalue weighted by Gasteiger charge is -2.04. The molecule has 2 aromatic rings. The van der Waals surface area contributed by atoms with Gasteiger partial charge in [0.05, 0.1) is 10.9 Å². The highest BCUT2D eigenvalue weighted by atomic mass is 79.9. The first-order valence-electron chi connectivity index (χ1n) is 3.94. The summed E-state index contributed by atoms with van der Waals surface area (Å²) in [5, 5.41) is 0.743. The van der Waals surface area contributed by atoms with Crippen molar-refractivity contribution in [3.05, 3.63) is 45.2 Å². The van der Waals surface area contributed by atoms with Crippen molar-refractivity contribution in [2.45, 2.75) is 0 Å². The molecule has 0 spiro atoms. The van der Waals surface area contributed by atoms with Gasteiger partial charge in [-0.05, 0) is 28.1 Å². The van der Waals surface area contributed by atoms with Crippen LogP contribution in [0.3, 0.4) is 0 Å². The van der Waals surface area contributed by atoms with Crippen molar-refractivity contribution in [1.29, 1.82) is 0 Å². The van der Waals surface area contributed by atoms with Crippen molar-refractivity contribution >= 4 is 26.8 Å². The normalized spacial score (nSPS) is 10.6. The molecule has 1 aromatic carbocycles. The highest BCUT2D eigenvalue weighted by Gasteiger charge is 2.02. The molecule has 2 rings (SSSR count). The van der Waals surface area contributed by atoms with E-state index in [0.717, 1.165) is 15.4 Å². The summed E-state index contributed by atoms with van der Waals surface area (Å²) in [6, 6.07) is 7.31. The van der Waals surface area contributed by atoms with Crippen molar-refractivity contribution in [3.63, 3.8) is 0 Å². The van der Waals surface area contributed by atoms with Gasteiger partial charge in [-0.25, -0.2) is 0 Å². The summed E-state index contributed by atoms with van der Waals surface area (Å²) in [4.78, 5) is 11.5. The largest absolute Gasteiger partial charge is 0.350 e. The van der Waals surface area contributed by atoms with Crippen LogP contribution in [-0.4, -0.2) is 4.57 Å². The Morgan fingerprint density at radius 1 is 1.31 bits per heavy atom. The van der Waals surface area contributed by atoms with Gasteiger partial charge in [0.15, 0.2) is 5.43 Å². The van der Waals surface area contributed by atoms with Gasteiger partial charge in [-0.2, -0.15) is 0 Å². The lowest BCUT2D eigenvalue weighted by Crippen LogP contribution is -2.05. The van der Waals surface area contributed by atoms with Gasteiger partial charge < -0.3 is 4.57 Å². The molecule has 13 heavy (non-hydrogen) atoms. The molecule has 0 radical (unpaired) electrons. The molecule has 0 aliphatic heterocycles. The molecule has 0 N–H and O–H groups in total. The van der Waals surface area contributed by atoms with Crippen LogP contribution in [0.4, 0.5) is 0 Å². The molecule has 1 aromatic heterocycles. The van der Waals surface area contributed by atoms with Gasteiger partial charge in [-0.15, -0.1) is 0 Å². The Bertz CT molecular complexity index is 516. The second-order valence-electron chi connectivity index (χ2n) is 2.92. The molecule has 0 amide bonds. The molecule has 0 fully saturated rings. The number of benzene rings is 1. The number of hydrogen-bond acceptors (Lipinski definition) is 1. The standard InChI is InChI=1S/C10H8BrNO/c1-12-6-5-9(13)10-7(11)3-2-4-8(10)12/h2-6H,1H3. The van der Waals surface area contributed by atoms with Crippen molar-refractivity contribution in [2.75, 3.05) is 0 Å². The predicted molar refractivity (Wildman–Crippen MR) is 56.9 cm³/mol. The summed E-state index contributed by atoms with van der Waals surface area (Å²) in [6.45, 7) is 0. The Balaban J connectivity index is 3.09. The minimum Gasteiger partial charge on any atom is -0.350 e. The second-order valence-corrected chi connectivity index (χ2v) is 3.78. The Hall–Kier alpha value is -1.09. The number of fused-ring (bicyclic) bond motifs is 1. The number of rotatable bonds is 0. The molecule has 0 aliphatic rings. The number of pyridine rings is 1. The van der Waals surface area contributed by atoms with E-state index in [-0.39, 0.29) is 5.43 Å². The predicted octanol–water partition coefficient (Wildman–Crippen LogP) is 2.30. The fraction of sp³-hybridized carbons (Fsp3) is 0.100. The van der Waals surface area contributed by atoms with Crippen LogP contribution in [0, 0.1) is 0 Å². The van der Waals surface area contributed by atoms with E-state index in [1.807, 2.05) is 29.8 Å². The molecule has 0 atom stereocenters. The molecular weight excluding hydrogens is 230 g/mol.